The quantitative estimate of drug-likeness (QED) is 0.509. The molecule has 0 aliphatic carbocycles. The van der Waals surface area contributed by atoms with Gasteiger partial charge in [0.05, 0.1) is 28.4 Å². The van der Waals surface area contributed by atoms with E-state index in [1.54, 1.807) is 42.6 Å². The summed E-state index contributed by atoms with van der Waals surface area (Å²) >= 11 is 5.99. The van der Waals surface area contributed by atoms with Crippen molar-refractivity contribution in [3.63, 3.8) is 0 Å². The lowest BCUT2D eigenvalue weighted by Crippen LogP contribution is -2.28. The van der Waals surface area contributed by atoms with Gasteiger partial charge in [0.2, 0.25) is 0 Å². The number of hydrogen-bond acceptors (Lipinski definition) is 6. The van der Waals surface area contributed by atoms with Crippen molar-refractivity contribution in [2.24, 2.45) is 5.92 Å². The SMILES string of the molecule is C[C@@H](COc1cc2nccc(Oc3ccc(Cl)c(N)c3)c2cc1C#N)CN1CCCC1. The smallest absolute Gasteiger partial charge is 0.139 e. The molecule has 1 atom stereocenters. The summed E-state index contributed by atoms with van der Waals surface area (Å²) in [7, 11) is 0. The molecule has 160 valence electrons. The summed E-state index contributed by atoms with van der Waals surface area (Å²) in [5, 5.41) is 10.9. The number of likely N-dealkylation sites (tertiary alicyclic amines) is 1. The topological polar surface area (TPSA) is 84.4 Å². The molecule has 6 nitrogen and oxygen atoms in total. The van der Waals surface area contributed by atoms with Gasteiger partial charge in [-0.3, -0.25) is 4.98 Å². The van der Waals surface area contributed by atoms with Gasteiger partial charge in [0.25, 0.3) is 0 Å². The third-order valence-corrected chi connectivity index (χ3v) is 5.75. The summed E-state index contributed by atoms with van der Waals surface area (Å²) in [5.41, 5.74) is 7.46. The van der Waals surface area contributed by atoms with E-state index in [1.807, 2.05) is 0 Å². The Bertz CT molecular complexity index is 1120. The van der Waals surface area contributed by atoms with E-state index in [0.29, 0.717) is 51.6 Å². The number of rotatable bonds is 7. The van der Waals surface area contributed by atoms with E-state index in [-0.39, 0.29) is 0 Å². The van der Waals surface area contributed by atoms with E-state index in [1.165, 1.54) is 12.8 Å². The molecule has 1 aliphatic rings. The van der Waals surface area contributed by atoms with Gasteiger partial charge in [-0.05, 0) is 50.2 Å². The summed E-state index contributed by atoms with van der Waals surface area (Å²) in [6.45, 7) is 6.06. The second-order valence-electron chi connectivity index (χ2n) is 8.00. The van der Waals surface area contributed by atoms with Crippen LogP contribution in [-0.2, 0) is 0 Å². The van der Waals surface area contributed by atoms with Crippen LogP contribution < -0.4 is 15.2 Å². The van der Waals surface area contributed by atoms with Crippen molar-refractivity contribution in [3.8, 4) is 23.3 Å². The molecule has 0 saturated carbocycles. The number of halogens is 1. The molecule has 0 unspecified atom stereocenters. The highest BCUT2D eigenvalue weighted by atomic mass is 35.5. The summed E-state index contributed by atoms with van der Waals surface area (Å²) in [5.74, 6) is 2.06. The van der Waals surface area contributed by atoms with Crippen LogP contribution in [0, 0.1) is 17.2 Å². The van der Waals surface area contributed by atoms with E-state index >= 15 is 0 Å². The Morgan fingerprint density at radius 3 is 2.74 bits per heavy atom. The molecule has 2 N–H and O–H groups in total. The van der Waals surface area contributed by atoms with Gasteiger partial charge in [-0.1, -0.05) is 18.5 Å². The minimum atomic E-state index is 0.373. The van der Waals surface area contributed by atoms with Gasteiger partial charge in [0.15, 0.2) is 0 Å². The molecule has 1 aliphatic heterocycles. The molecule has 2 aromatic carbocycles. The zero-order valence-corrected chi connectivity index (χ0v) is 18.2. The number of hydrogen-bond donors (Lipinski definition) is 1. The Balaban J connectivity index is 1.54. The average Bonchev–Trinajstić information content (AvgIpc) is 3.27. The zero-order chi connectivity index (χ0) is 21.8. The Morgan fingerprint density at radius 2 is 2.00 bits per heavy atom. The maximum absolute atomic E-state index is 9.69. The number of benzene rings is 2. The molecule has 0 bridgehead atoms. The standard InChI is InChI=1S/C24H25ClN4O2/c1-16(14-29-8-2-3-9-29)15-30-24-12-22-19(10-17(24)13-26)23(6-7-28-22)31-18-4-5-20(25)21(27)11-18/h4-7,10-12,16H,2-3,8-9,14-15,27H2,1H3/t16-/m1/s1. The van der Waals surface area contributed by atoms with Crippen LogP contribution in [0.2, 0.25) is 5.02 Å². The number of fused-ring (bicyclic) bond motifs is 1. The lowest BCUT2D eigenvalue weighted by atomic mass is 10.1. The molecule has 1 fully saturated rings. The van der Waals surface area contributed by atoms with Crippen LogP contribution in [0.1, 0.15) is 25.3 Å². The molecule has 0 amide bonds. The molecule has 3 aromatic rings. The summed E-state index contributed by atoms with van der Waals surface area (Å²) in [6.07, 6.45) is 4.22. The van der Waals surface area contributed by atoms with Crippen LogP contribution in [-0.4, -0.2) is 36.1 Å². The van der Waals surface area contributed by atoms with Crippen molar-refractivity contribution in [1.82, 2.24) is 9.88 Å². The number of ether oxygens (including phenoxy) is 2. The van der Waals surface area contributed by atoms with Crippen molar-refractivity contribution >= 4 is 28.2 Å². The van der Waals surface area contributed by atoms with Crippen molar-refractivity contribution in [3.05, 3.63) is 53.2 Å². The fourth-order valence-electron chi connectivity index (χ4n) is 3.85. The minimum Gasteiger partial charge on any atom is -0.492 e. The van der Waals surface area contributed by atoms with Gasteiger partial charge in [-0.25, -0.2) is 0 Å². The predicted molar refractivity (Wildman–Crippen MR) is 123 cm³/mol. The molecule has 31 heavy (non-hydrogen) atoms. The molecule has 4 rings (SSSR count). The van der Waals surface area contributed by atoms with E-state index in [0.717, 1.165) is 25.0 Å². The fraction of sp³-hybridized carbons (Fsp3) is 0.333. The molecule has 7 heteroatoms. The Labute approximate surface area is 187 Å². The number of nitrogen functional groups attached to an aromatic ring is 1. The number of aromatic nitrogens is 1. The maximum atomic E-state index is 9.69. The lowest BCUT2D eigenvalue weighted by molar-refractivity contribution is 0.206. The van der Waals surface area contributed by atoms with Gasteiger partial charge >= 0.3 is 0 Å². The van der Waals surface area contributed by atoms with Crippen LogP contribution in [0.3, 0.4) is 0 Å². The number of anilines is 1. The first kappa shape index (κ1) is 21.2. The van der Waals surface area contributed by atoms with E-state index in [4.69, 9.17) is 26.8 Å². The fourth-order valence-corrected chi connectivity index (χ4v) is 3.96. The summed E-state index contributed by atoms with van der Waals surface area (Å²) in [6, 6.07) is 12.7. The normalized spacial score (nSPS) is 15.0. The van der Waals surface area contributed by atoms with Gasteiger partial charge < -0.3 is 20.1 Å². The molecular weight excluding hydrogens is 412 g/mol. The van der Waals surface area contributed by atoms with Gasteiger partial charge in [-0.15, -0.1) is 0 Å². The average molecular weight is 437 g/mol. The summed E-state index contributed by atoms with van der Waals surface area (Å²) in [4.78, 5) is 6.90. The number of nitrogens with zero attached hydrogens (tertiary/aromatic N) is 3. The first-order valence-corrected chi connectivity index (χ1v) is 10.8. The number of nitriles is 1. The van der Waals surface area contributed by atoms with Crippen molar-refractivity contribution in [2.45, 2.75) is 19.8 Å². The lowest BCUT2D eigenvalue weighted by Gasteiger charge is -2.20. The highest BCUT2D eigenvalue weighted by molar-refractivity contribution is 6.33. The third kappa shape index (κ3) is 5.01. The van der Waals surface area contributed by atoms with Crippen LogP contribution in [0.4, 0.5) is 5.69 Å². The zero-order valence-electron chi connectivity index (χ0n) is 17.5. The van der Waals surface area contributed by atoms with Crippen LogP contribution in [0.25, 0.3) is 10.9 Å². The van der Waals surface area contributed by atoms with E-state index in [9.17, 15) is 5.26 Å². The van der Waals surface area contributed by atoms with Gasteiger partial charge in [0.1, 0.15) is 23.3 Å². The molecule has 1 aromatic heterocycles. The Kier molecular flexibility index (Phi) is 6.45. The maximum Gasteiger partial charge on any atom is 0.139 e. The first-order valence-electron chi connectivity index (χ1n) is 10.4. The predicted octanol–water partition coefficient (Wildman–Crippen LogP) is 5.25. The second-order valence-corrected chi connectivity index (χ2v) is 8.40. The largest absolute Gasteiger partial charge is 0.492 e. The highest BCUT2D eigenvalue weighted by Crippen LogP contribution is 2.34. The summed E-state index contributed by atoms with van der Waals surface area (Å²) < 4.78 is 12.0. The monoisotopic (exact) mass is 436 g/mol. The van der Waals surface area contributed by atoms with Gasteiger partial charge in [-0.2, -0.15) is 5.26 Å². The van der Waals surface area contributed by atoms with Crippen molar-refractivity contribution in [1.29, 1.82) is 5.26 Å². The van der Waals surface area contributed by atoms with E-state index in [2.05, 4.69) is 22.9 Å². The van der Waals surface area contributed by atoms with Crippen LogP contribution in [0.15, 0.2) is 42.6 Å². The third-order valence-electron chi connectivity index (χ3n) is 5.41. The molecule has 2 heterocycles. The second kappa shape index (κ2) is 9.42. The highest BCUT2D eigenvalue weighted by Gasteiger charge is 2.17. The molecular formula is C24H25ClN4O2. The first-order chi connectivity index (χ1) is 15.0. The molecule has 0 radical (unpaired) electrons. The van der Waals surface area contributed by atoms with Crippen LogP contribution in [0.5, 0.6) is 17.2 Å². The van der Waals surface area contributed by atoms with E-state index < -0.39 is 0 Å². The minimum absolute atomic E-state index is 0.373. The molecule has 1 saturated heterocycles. The van der Waals surface area contributed by atoms with Crippen LogP contribution >= 0.6 is 11.6 Å². The Hall–Kier alpha value is -3.01. The van der Waals surface area contributed by atoms with Gasteiger partial charge in [0, 0.05) is 36.2 Å². The Morgan fingerprint density at radius 1 is 1.19 bits per heavy atom. The number of nitrogens with two attached hydrogens (primary N) is 1. The molecule has 0 spiro atoms. The van der Waals surface area contributed by atoms with Crippen molar-refractivity contribution in [2.75, 3.05) is 32.0 Å². The van der Waals surface area contributed by atoms with Crippen molar-refractivity contribution < 1.29 is 9.47 Å². The number of pyridine rings is 1.